The lowest BCUT2D eigenvalue weighted by atomic mass is 10.1. The zero-order valence-corrected chi connectivity index (χ0v) is 14.4. The van der Waals surface area contributed by atoms with Crippen LogP contribution in [0.3, 0.4) is 0 Å². The predicted molar refractivity (Wildman–Crippen MR) is 94.5 cm³/mol. The molecule has 0 radical (unpaired) electrons. The van der Waals surface area contributed by atoms with Gasteiger partial charge in [0, 0.05) is 12.6 Å². The third-order valence-electron chi connectivity index (χ3n) is 3.80. The van der Waals surface area contributed by atoms with Crippen molar-refractivity contribution in [2.45, 2.75) is 39.4 Å². The molecule has 1 aliphatic rings. The monoisotopic (exact) mass is 325 g/mol. The van der Waals surface area contributed by atoms with Crippen LogP contribution in [0.1, 0.15) is 31.9 Å². The summed E-state index contributed by atoms with van der Waals surface area (Å²) >= 11 is 0. The number of carbonyl (C=O) groups excluding carboxylic acids is 1. The number of hydrogen-bond donors (Lipinski definition) is 0. The summed E-state index contributed by atoms with van der Waals surface area (Å²) in [4.78, 5) is 14.1. The standard InChI is InChI=1S/C20H23NO3/c1-20(2,3)24-17-10-9-16-11-12-21(18(16)13-17)19(22)23-14-15-7-5-4-6-8-15/h4-10,13H,11-12,14H2,1-3H3. The lowest BCUT2D eigenvalue weighted by molar-refractivity contribution is 0.131. The highest BCUT2D eigenvalue weighted by atomic mass is 16.6. The van der Waals surface area contributed by atoms with Crippen molar-refractivity contribution < 1.29 is 14.3 Å². The second-order valence-electron chi connectivity index (χ2n) is 6.95. The molecule has 0 spiro atoms. The van der Waals surface area contributed by atoms with Crippen LogP contribution in [0.4, 0.5) is 10.5 Å². The van der Waals surface area contributed by atoms with Crippen molar-refractivity contribution in [3.05, 3.63) is 59.7 Å². The Labute approximate surface area is 143 Å². The van der Waals surface area contributed by atoms with Gasteiger partial charge in [-0.1, -0.05) is 36.4 Å². The third-order valence-corrected chi connectivity index (χ3v) is 3.80. The Morgan fingerprint density at radius 1 is 1.12 bits per heavy atom. The average molecular weight is 325 g/mol. The number of carbonyl (C=O) groups is 1. The highest BCUT2D eigenvalue weighted by molar-refractivity contribution is 5.90. The molecule has 0 N–H and O–H groups in total. The van der Waals surface area contributed by atoms with E-state index in [0.717, 1.165) is 29.0 Å². The highest BCUT2D eigenvalue weighted by Gasteiger charge is 2.27. The van der Waals surface area contributed by atoms with Crippen LogP contribution >= 0.6 is 0 Å². The molecule has 0 bridgehead atoms. The van der Waals surface area contributed by atoms with Gasteiger partial charge in [0.1, 0.15) is 18.0 Å². The van der Waals surface area contributed by atoms with Crippen molar-refractivity contribution in [1.82, 2.24) is 0 Å². The quantitative estimate of drug-likeness (QED) is 0.830. The van der Waals surface area contributed by atoms with Crippen molar-refractivity contribution in [3.8, 4) is 5.75 Å². The smallest absolute Gasteiger partial charge is 0.414 e. The van der Waals surface area contributed by atoms with Gasteiger partial charge in [0.05, 0.1) is 5.69 Å². The van der Waals surface area contributed by atoms with E-state index >= 15 is 0 Å². The van der Waals surface area contributed by atoms with Gasteiger partial charge in [-0.15, -0.1) is 0 Å². The Hall–Kier alpha value is -2.49. The average Bonchev–Trinajstić information content (AvgIpc) is 2.95. The maximum atomic E-state index is 12.4. The summed E-state index contributed by atoms with van der Waals surface area (Å²) in [6.07, 6.45) is 0.525. The van der Waals surface area contributed by atoms with E-state index in [0.29, 0.717) is 6.54 Å². The topological polar surface area (TPSA) is 38.8 Å². The van der Waals surface area contributed by atoms with E-state index in [9.17, 15) is 4.79 Å². The minimum Gasteiger partial charge on any atom is -0.488 e. The van der Waals surface area contributed by atoms with Crippen molar-refractivity contribution in [1.29, 1.82) is 0 Å². The van der Waals surface area contributed by atoms with Crippen LogP contribution in [0.25, 0.3) is 0 Å². The lowest BCUT2D eigenvalue weighted by Gasteiger charge is -2.23. The summed E-state index contributed by atoms with van der Waals surface area (Å²) in [7, 11) is 0. The molecule has 0 fully saturated rings. The van der Waals surface area contributed by atoms with Gasteiger partial charge < -0.3 is 9.47 Å². The summed E-state index contributed by atoms with van der Waals surface area (Å²) in [5, 5.41) is 0. The zero-order valence-electron chi connectivity index (χ0n) is 14.4. The van der Waals surface area contributed by atoms with Crippen LogP contribution in [0.5, 0.6) is 5.75 Å². The zero-order chi connectivity index (χ0) is 17.2. The second kappa shape index (κ2) is 6.56. The lowest BCUT2D eigenvalue weighted by Crippen LogP contribution is -2.29. The van der Waals surface area contributed by atoms with Gasteiger partial charge in [-0.3, -0.25) is 4.90 Å². The van der Waals surface area contributed by atoms with Crippen LogP contribution in [0.2, 0.25) is 0 Å². The molecule has 0 saturated heterocycles. The largest absolute Gasteiger partial charge is 0.488 e. The highest BCUT2D eigenvalue weighted by Crippen LogP contribution is 2.33. The van der Waals surface area contributed by atoms with Gasteiger partial charge in [0.2, 0.25) is 0 Å². The van der Waals surface area contributed by atoms with Crippen LogP contribution in [0.15, 0.2) is 48.5 Å². The number of benzene rings is 2. The first-order valence-corrected chi connectivity index (χ1v) is 8.22. The summed E-state index contributed by atoms with van der Waals surface area (Å²) in [6.45, 7) is 6.94. The molecule has 4 nitrogen and oxygen atoms in total. The van der Waals surface area contributed by atoms with Gasteiger partial charge in [-0.2, -0.15) is 0 Å². The van der Waals surface area contributed by atoms with Crippen LogP contribution in [0, 0.1) is 0 Å². The van der Waals surface area contributed by atoms with Crippen LogP contribution in [-0.2, 0) is 17.8 Å². The molecular weight excluding hydrogens is 302 g/mol. The first-order valence-electron chi connectivity index (χ1n) is 8.22. The molecule has 4 heteroatoms. The minimum absolute atomic E-state index is 0.272. The summed E-state index contributed by atoms with van der Waals surface area (Å²) in [5.41, 5.74) is 2.74. The molecular formula is C20H23NO3. The van der Waals surface area contributed by atoms with Crippen molar-refractivity contribution in [2.24, 2.45) is 0 Å². The number of hydrogen-bond acceptors (Lipinski definition) is 3. The minimum atomic E-state index is -0.314. The van der Waals surface area contributed by atoms with Crippen molar-refractivity contribution in [2.75, 3.05) is 11.4 Å². The number of amides is 1. The first kappa shape index (κ1) is 16.4. The Morgan fingerprint density at radius 2 is 1.88 bits per heavy atom. The number of fused-ring (bicyclic) bond motifs is 1. The molecule has 24 heavy (non-hydrogen) atoms. The fraction of sp³-hybridized carbons (Fsp3) is 0.350. The molecule has 3 rings (SSSR count). The molecule has 2 aromatic carbocycles. The number of nitrogens with zero attached hydrogens (tertiary/aromatic N) is 1. The second-order valence-corrected chi connectivity index (χ2v) is 6.95. The van der Waals surface area contributed by atoms with E-state index in [-0.39, 0.29) is 18.3 Å². The van der Waals surface area contributed by atoms with Crippen LogP contribution < -0.4 is 9.64 Å². The maximum Gasteiger partial charge on any atom is 0.414 e. The van der Waals surface area contributed by atoms with Gasteiger partial charge in [-0.25, -0.2) is 4.79 Å². The van der Waals surface area contributed by atoms with E-state index < -0.39 is 0 Å². The summed E-state index contributed by atoms with van der Waals surface area (Å²) in [6, 6.07) is 15.6. The molecule has 1 heterocycles. The SMILES string of the molecule is CC(C)(C)Oc1ccc2c(c1)N(C(=O)OCc1ccccc1)CC2. The summed E-state index contributed by atoms with van der Waals surface area (Å²) in [5.74, 6) is 0.768. The molecule has 2 aromatic rings. The van der Waals surface area contributed by atoms with Gasteiger partial charge in [0.25, 0.3) is 0 Å². The molecule has 0 unspecified atom stereocenters. The number of ether oxygens (including phenoxy) is 2. The Balaban J connectivity index is 1.70. The fourth-order valence-electron chi connectivity index (χ4n) is 2.76. The van der Waals surface area contributed by atoms with Gasteiger partial charge in [-0.05, 0) is 44.4 Å². The van der Waals surface area contributed by atoms with E-state index in [1.807, 2.05) is 69.3 Å². The Kier molecular flexibility index (Phi) is 4.47. The van der Waals surface area contributed by atoms with Gasteiger partial charge in [0.15, 0.2) is 0 Å². The molecule has 1 aliphatic heterocycles. The molecule has 0 saturated carbocycles. The third kappa shape index (κ3) is 3.88. The fourth-order valence-corrected chi connectivity index (χ4v) is 2.76. The molecule has 0 aromatic heterocycles. The molecule has 0 atom stereocenters. The maximum absolute atomic E-state index is 12.4. The Bertz CT molecular complexity index is 719. The molecule has 0 aliphatic carbocycles. The number of rotatable bonds is 3. The molecule has 126 valence electrons. The van der Waals surface area contributed by atoms with Crippen molar-refractivity contribution in [3.63, 3.8) is 0 Å². The van der Waals surface area contributed by atoms with Crippen molar-refractivity contribution >= 4 is 11.8 Å². The van der Waals surface area contributed by atoms with E-state index in [4.69, 9.17) is 9.47 Å². The van der Waals surface area contributed by atoms with E-state index in [2.05, 4.69) is 0 Å². The molecule has 1 amide bonds. The van der Waals surface area contributed by atoms with E-state index in [1.54, 1.807) is 4.90 Å². The van der Waals surface area contributed by atoms with Gasteiger partial charge >= 0.3 is 6.09 Å². The first-order chi connectivity index (χ1) is 11.4. The normalized spacial score (nSPS) is 13.5. The summed E-state index contributed by atoms with van der Waals surface area (Å²) < 4.78 is 11.4. The Morgan fingerprint density at radius 3 is 2.58 bits per heavy atom. The van der Waals surface area contributed by atoms with Crippen LogP contribution in [-0.4, -0.2) is 18.2 Å². The number of anilines is 1. The van der Waals surface area contributed by atoms with E-state index in [1.165, 1.54) is 0 Å². The predicted octanol–water partition coefficient (Wildman–Crippen LogP) is 4.56.